The van der Waals surface area contributed by atoms with Crippen LogP contribution in [-0.4, -0.2) is 74.8 Å². The monoisotopic (exact) mass is 695 g/mol. The molecule has 50 heavy (non-hydrogen) atoms. The van der Waals surface area contributed by atoms with Gasteiger partial charge >= 0.3 is 0 Å². The SMILES string of the molecule is COc1ccc([Si](C)(C)[C@@H]2[C@@H](CC(=O)N3CCC[C@H]3CO)O[C@]3(C(=O)N(Cc4ccc(N5CCCCC5=O)cc4)c4ccccc43)[C@H]2C)cc1. The summed E-state index contributed by atoms with van der Waals surface area (Å²) in [5.41, 5.74) is 2.22. The average Bonchev–Trinajstić information content (AvgIpc) is 3.79. The fraction of sp³-hybridized carbons (Fsp3) is 0.475. The van der Waals surface area contributed by atoms with Crippen LogP contribution in [0.1, 0.15) is 56.6 Å². The van der Waals surface area contributed by atoms with Crippen molar-refractivity contribution in [1.82, 2.24) is 4.90 Å². The third-order valence-corrected chi connectivity index (χ3v) is 16.3. The molecule has 1 spiro atoms. The second kappa shape index (κ2) is 13.6. The largest absolute Gasteiger partial charge is 0.497 e. The van der Waals surface area contributed by atoms with E-state index in [1.165, 1.54) is 5.19 Å². The van der Waals surface area contributed by atoms with Gasteiger partial charge < -0.3 is 29.3 Å². The first-order chi connectivity index (χ1) is 24.1. The highest BCUT2D eigenvalue weighted by atomic mass is 28.3. The summed E-state index contributed by atoms with van der Waals surface area (Å²) in [4.78, 5) is 47.1. The van der Waals surface area contributed by atoms with Crippen LogP contribution in [0.3, 0.4) is 0 Å². The first-order valence-corrected chi connectivity index (χ1v) is 21.2. The molecule has 4 aliphatic rings. The lowest BCUT2D eigenvalue weighted by atomic mass is 9.82. The highest BCUT2D eigenvalue weighted by Gasteiger charge is 2.66. The molecular formula is C40H49N3O6Si. The van der Waals surface area contributed by atoms with Crippen molar-refractivity contribution in [3.63, 3.8) is 0 Å². The second-order valence-electron chi connectivity index (χ2n) is 15.0. The molecule has 0 aromatic heterocycles. The molecule has 9 nitrogen and oxygen atoms in total. The average molecular weight is 696 g/mol. The fourth-order valence-corrected chi connectivity index (χ4v) is 13.3. The number of rotatable bonds is 9. The van der Waals surface area contributed by atoms with Crippen molar-refractivity contribution in [2.45, 2.75) is 88.4 Å². The van der Waals surface area contributed by atoms with E-state index < -0.39 is 19.8 Å². The van der Waals surface area contributed by atoms with Crippen molar-refractivity contribution in [3.05, 3.63) is 83.9 Å². The number of likely N-dealkylation sites (tertiary alicyclic amines) is 1. The number of nitrogens with zero attached hydrogens (tertiary/aromatic N) is 3. The normalized spacial score (nSPS) is 26.6. The summed E-state index contributed by atoms with van der Waals surface area (Å²) in [6.45, 7) is 8.45. The van der Waals surface area contributed by atoms with E-state index in [2.05, 4.69) is 32.2 Å². The number of anilines is 2. The summed E-state index contributed by atoms with van der Waals surface area (Å²) in [6.07, 6.45) is 3.84. The Morgan fingerprint density at radius 3 is 2.42 bits per heavy atom. The number of hydrogen-bond donors (Lipinski definition) is 1. The van der Waals surface area contributed by atoms with Gasteiger partial charge in [0, 0.05) is 36.7 Å². The van der Waals surface area contributed by atoms with Gasteiger partial charge in [-0.25, -0.2) is 0 Å². The Hall–Kier alpha value is -3.99. The number of carbonyl (C=O) groups excluding carboxylic acids is 3. The number of para-hydroxylation sites is 1. The summed E-state index contributed by atoms with van der Waals surface area (Å²) >= 11 is 0. The van der Waals surface area contributed by atoms with Crippen LogP contribution in [0.4, 0.5) is 11.4 Å². The third kappa shape index (κ3) is 5.75. The molecule has 3 aromatic rings. The molecule has 0 saturated carbocycles. The predicted octanol–water partition coefficient (Wildman–Crippen LogP) is 5.35. The summed E-state index contributed by atoms with van der Waals surface area (Å²) in [6, 6.07) is 24.0. The van der Waals surface area contributed by atoms with E-state index in [4.69, 9.17) is 9.47 Å². The van der Waals surface area contributed by atoms with E-state index >= 15 is 4.79 Å². The van der Waals surface area contributed by atoms with Gasteiger partial charge in [-0.2, -0.15) is 0 Å². The van der Waals surface area contributed by atoms with Gasteiger partial charge in [-0.15, -0.1) is 0 Å². The van der Waals surface area contributed by atoms with Crippen LogP contribution in [-0.2, 0) is 31.3 Å². The number of aliphatic hydroxyl groups excluding tert-OH is 1. The van der Waals surface area contributed by atoms with Crippen molar-refractivity contribution < 1.29 is 29.0 Å². The van der Waals surface area contributed by atoms with Crippen LogP contribution in [0.15, 0.2) is 72.8 Å². The molecule has 3 fully saturated rings. The van der Waals surface area contributed by atoms with Gasteiger partial charge in [-0.05, 0) is 67.1 Å². The topological polar surface area (TPSA) is 99.6 Å². The van der Waals surface area contributed by atoms with Gasteiger partial charge in [0.15, 0.2) is 5.60 Å². The number of methoxy groups -OCH3 is 1. The van der Waals surface area contributed by atoms with Crippen LogP contribution >= 0.6 is 0 Å². The standard InChI is InChI=1S/C40H49N3O6Si/c1-27-38(50(3,4)32-20-18-31(48-2)19-21-32)35(24-37(46)42-23-9-10-30(42)26-44)49-40(27)33-11-5-6-12-34(33)43(39(40)47)25-28-14-16-29(17-15-28)41-22-8-7-13-36(41)45/h5-6,11-12,14-21,27,30,35,38,44H,7-10,13,22-26H2,1-4H3/t27-,30-,35+,38-,40+/m0/s1. The molecule has 5 atom stereocenters. The van der Waals surface area contributed by atoms with Gasteiger partial charge in [-0.1, -0.05) is 67.7 Å². The van der Waals surface area contributed by atoms with E-state index in [0.717, 1.165) is 60.5 Å². The number of amides is 3. The Kier molecular flexibility index (Phi) is 9.38. The Balaban J connectivity index is 1.24. The zero-order valence-electron chi connectivity index (χ0n) is 29.6. The lowest BCUT2D eigenvalue weighted by Gasteiger charge is -2.37. The molecule has 0 bridgehead atoms. The number of fused-ring (bicyclic) bond motifs is 2. The Morgan fingerprint density at radius 1 is 0.980 bits per heavy atom. The first-order valence-electron chi connectivity index (χ1n) is 18.1. The molecule has 0 radical (unpaired) electrons. The van der Waals surface area contributed by atoms with E-state index in [1.54, 1.807) is 7.11 Å². The van der Waals surface area contributed by atoms with Gasteiger partial charge in [0.2, 0.25) is 11.8 Å². The van der Waals surface area contributed by atoms with Gasteiger partial charge in [0.1, 0.15) is 5.75 Å². The minimum absolute atomic E-state index is 0.0248. The molecule has 4 aliphatic heterocycles. The van der Waals surface area contributed by atoms with Crippen LogP contribution in [0.5, 0.6) is 5.75 Å². The second-order valence-corrected chi connectivity index (χ2v) is 19.7. The van der Waals surface area contributed by atoms with Crippen molar-refractivity contribution in [1.29, 1.82) is 0 Å². The number of ether oxygens (including phenoxy) is 2. The lowest BCUT2D eigenvalue weighted by molar-refractivity contribution is -0.150. The predicted molar refractivity (Wildman–Crippen MR) is 196 cm³/mol. The maximum atomic E-state index is 15.1. The zero-order valence-corrected chi connectivity index (χ0v) is 30.6. The zero-order chi connectivity index (χ0) is 35.2. The number of piperidine rings is 1. The summed E-state index contributed by atoms with van der Waals surface area (Å²) in [5.74, 6) is 0.593. The number of benzene rings is 3. The van der Waals surface area contributed by atoms with E-state index in [0.29, 0.717) is 19.5 Å². The lowest BCUT2D eigenvalue weighted by Crippen LogP contribution is -2.52. The molecule has 264 valence electrons. The Labute approximate surface area is 296 Å². The molecule has 4 heterocycles. The van der Waals surface area contributed by atoms with E-state index in [9.17, 15) is 14.7 Å². The molecule has 10 heteroatoms. The van der Waals surface area contributed by atoms with Gasteiger partial charge in [0.25, 0.3) is 5.91 Å². The smallest absolute Gasteiger partial charge is 0.264 e. The third-order valence-electron chi connectivity index (χ3n) is 11.9. The fourth-order valence-electron chi connectivity index (χ4n) is 9.31. The Morgan fingerprint density at radius 2 is 1.72 bits per heavy atom. The molecule has 7 rings (SSSR count). The molecule has 3 saturated heterocycles. The van der Waals surface area contributed by atoms with Crippen molar-refractivity contribution in [2.75, 3.05) is 36.6 Å². The van der Waals surface area contributed by atoms with E-state index in [-0.39, 0.29) is 48.3 Å². The van der Waals surface area contributed by atoms with Crippen molar-refractivity contribution >= 4 is 42.4 Å². The Bertz CT molecular complexity index is 1750. The maximum Gasteiger partial charge on any atom is 0.264 e. The molecule has 0 unspecified atom stereocenters. The van der Waals surface area contributed by atoms with Crippen LogP contribution in [0, 0.1) is 5.92 Å². The summed E-state index contributed by atoms with van der Waals surface area (Å²) < 4.78 is 12.6. The van der Waals surface area contributed by atoms with Crippen LogP contribution in [0.25, 0.3) is 0 Å². The van der Waals surface area contributed by atoms with Crippen molar-refractivity contribution in [3.8, 4) is 5.75 Å². The molecule has 3 amide bonds. The highest BCUT2D eigenvalue weighted by Crippen LogP contribution is 2.60. The summed E-state index contributed by atoms with van der Waals surface area (Å²) in [5, 5.41) is 11.2. The molecule has 1 N–H and O–H groups in total. The highest BCUT2D eigenvalue weighted by molar-refractivity contribution is 6.91. The van der Waals surface area contributed by atoms with E-state index in [1.807, 2.05) is 75.4 Å². The van der Waals surface area contributed by atoms with Crippen molar-refractivity contribution in [2.24, 2.45) is 5.92 Å². The number of hydrogen-bond acceptors (Lipinski definition) is 6. The number of aliphatic hydroxyl groups is 1. The first kappa shape index (κ1) is 34.5. The summed E-state index contributed by atoms with van der Waals surface area (Å²) in [7, 11) is -0.753. The van der Waals surface area contributed by atoms with Gasteiger partial charge in [0.05, 0.1) is 52.6 Å². The maximum absolute atomic E-state index is 15.1. The van der Waals surface area contributed by atoms with Gasteiger partial charge in [-0.3, -0.25) is 14.4 Å². The quantitative estimate of drug-likeness (QED) is 0.303. The molecular weight excluding hydrogens is 647 g/mol. The van der Waals surface area contributed by atoms with Crippen LogP contribution in [0.2, 0.25) is 18.6 Å². The van der Waals surface area contributed by atoms with Crippen LogP contribution < -0.4 is 19.7 Å². The minimum atomic E-state index is -2.41. The minimum Gasteiger partial charge on any atom is -0.497 e. The molecule has 0 aliphatic carbocycles. The molecule has 3 aromatic carbocycles. The number of carbonyl (C=O) groups is 3.